The highest BCUT2D eigenvalue weighted by Gasteiger charge is 2.21. The summed E-state index contributed by atoms with van der Waals surface area (Å²) >= 11 is 0. The van der Waals surface area contributed by atoms with E-state index in [1.54, 1.807) is 7.11 Å². The van der Waals surface area contributed by atoms with Crippen LogP contribution in [-0.2, 0) is 4.74 Å². The second kappa shape index (κ2) is 9.23. The molecule has 1 aliphatic heterocycles. The number of hydrogen-bond donors (Lipinski definition) is 1. The predicted octanol–water partition coefficient (Wildman–Crippen LogP) is 1.69. The molecule has 1 aliphatic rings. The van der Waals surface area contributed by atoms with Crippen molar-refractivity contribution in [2.75, 3.05) is 59.6 Å². The van der Waals surface area contributed by atoms with E-state index in [1.165, 1.54) is 0 Å². The summed E-state index contributed by atoms with van der Waals surface area (Å²) in [5.74, 6) is 0.762. The summed E-state index contributed by atoms with van der Waals surface area (Å²) in [6, 6.07) is 5.95. The molecule has 0 aromatic heterocycles. The number of aryl methyl sites for hydroxylation is 1. The van der Waals surface area contributed by atoms with Crippen molar-refractivity contribution < 1.29 is 14.6 Å². The zero-order valence-corrected chi connectivity index (χ0v) is 14.6. The first-order valence-corrected chi connectivity index (χ1v) is 8.49. The van der Waals surface area contributed by atoms with Crippen LogP contribution in [0, 0.1) is 6.92 Å². The van der Waals surface area contributed by atoms with Gasteiger partial charge in [0.1, 0.15) is 5.75 Å². The van der Waals surface area contributed by atoms with Crippen LogP contribution in [0.15, 0.2) is 18.2 Å². The first-order valence-electron chi connectivity index (χ1n) is 8.49. The van der Waals surface area contributed by atoms with Gasteiger partial charge < -0.3 is 14.6 Å². The molecule has 0 amide bonds. The Morgan fingerprint density at radius 2 is 1.87 bits per heavy atom. The van der Waals surface area contributed by atoms with Crippen molar-refractivity contribution in [2.45, 2.75) is 20.0 Å². The topological polar surface area (TPSA) is 45.2 Å². The normalized spacial score (nSPS) is 18.1. The zero-order valence-electron chi connectivity index (χ0n) is 14.6. The first-order chi connectivity index (χ1) is 11.1. The number of hydrogen-bond acceptors (Lipinski definition) is 5. The predicted molar refractivity (Wildman–Crippen MR) is 92.1 cm³/mol. The Bertz CT molecular complexity index is 473. The van der Waals surface area contributed by atoms with Crippen molar-refractivity contribution in [1.29, 1.82) is 0 Å². The highest BCUT2D eigenvalue weighted by atomic mass is 16.5. The van der Waals surface area contributed by atoms with Crippen molar-refractivity contribution >= 4 is 0 Å². The van der Waals surface area contributed by atoms with Crippen LogP contribution in [-0.4, -0.2) is 74.5 Å². The van der Waals surface area contributed by atoms with E-state index in [-0.39, 0.29) is 0 Å². The zero-order chi connectivity index (χ0) is 16.7. The molecular weight excluding hydrogens is 292 g/mol. The molecule has 1 saturated heterocycles. The number of piperazine rings is 1. The minimum absolute atomic E-state index is 0.514. The molecule has 0 radical (unpaired) electrons. The lowest BCUT2D eigenvalue weighted by Gasteiger charge is -2.35. The molecular formula is C18H30N2O3. The van der Waals surface area contributed by atoms with Gasteiger partial charge in [0.05, 0.1) is 19.8 Å². The van der Waals surface area contributed by atoms with E-state index in [0.29, 0.717) is 6.54 Å². The van der Waals surface area contributed by atoms with Crippen LogP contribution in [0.3, 0.4) is 0 Å². The Morgan fingerprint density at radius 3 is 2.52 bits per heavy atom. The molecule has 0 saturated carbocycles. The average Bonchev–Trinajstić information content (AvgIpc) is 2.56. The van der Waals surface area contributed by atoms with Gasteiger partial charge in [0.15, 0.2) is 0 Å². The third-order valence-electron chi connectivity index (χ3n) is 4.40. The number of nitrogens with zero attached hydrogens (tertiary/aromatic N) is 2. The Labute approximate surface area is 139 Å². The minimum atomic E-state index is -0.514. The van der Waals surface area contributed by atoms with Gasteiger partial charge in [-0.05, 0) is 26.0 Å². The third kappa shape index (κ3) is 5.46. The summed E-state index contributed by atoms with van der Waals surface area (Å²) in [5, 5.41) is 10.6. The van der Waals surface area contributed by atoms with E-state index in [2.05, 4.69) is 9.80 Å². The molecule has 130 valence electrons. The van der Waals surface area contributed by atoms with Crippen molar-refractivity contribution in [1.82, 2.24) is 9.80 Å². The largest absolute Gasteiger partial charge is 0.496 e. The number of aliphatic hydroxyl groups is 1. The van der Waals surface area contributed by atoms with E-state index < -0.39 is 6.10 Å². The number of aliphatic hydroxyl groups excluding tert-OH is 1. The Balaban J connectivity index is 1.83. The lowest BCUT2D eigenvalue weighted by atomic mass is 10.0. The van der Waals surface area contributed by atoms with E-state index in [4.69, 9.17) is 9.47 Å². The molecule has 1 N–H and O–H groups in total. The van der Waals surface area contributed by atoms with Gasteiger partial charge in [-0.3, -0.25) is 9.80 Å². The van der Waals surface area contributed by atoms with Crippen LogP contribution in [0.25, 0.3) is 0 Å². The summed E-state index contributed by atoms with van der Waals surface area (Å²) in [6.45, 7) is 11.3. The van der Waals surface area contributed by atoms with E-state index in [1.807, 2.05) is 32.0 Å². The molecule has 1 unspecified atom stereocenters. The maximum Gasteiger partial charge on any atom is 0.124 e. The summed E-state index contributed by atoms with van der Waals surface area (Å²) in [7, 11) is 1.65. The standard InChI is InChI=1S/C18H30N2O3/c1-4-23-12-11-19-7-9-20(10-8-19)14-17(21)16-13-15(2)5-6-18(16)22-3/h5-6,13,17,21H,4,7-12,14H2,1-3H3. The van der Waals surface area contributed by atoms with Gasteiger partial charge >= 0.3 is 0 Å². The Morgan fingerprint density at radius 1 is 1.17 bits per heavy atom. The Kier molecular flexibility index (Phi) is 7.30. The SMILES string of the molecule is CCOCCN1CCN(CC(O)c2cc(C)ccc2OC)CC1. The van der Waals surface area contributed by atoms with E-state index in [0.717, 1.165) is 62.8 Å². The van der Waals surface area contributed by atoms with Crippen molar-refractivity contribution in [3.63, 3.8) is 0 Å². The van der Waals surface area contributed by atoms with Gasteiger partial charge in [0, 0.05) is 51.4 Å². The second-order valence-corrected chi connectivity index (χ2v) is 6.10. The maximum atomic E-state index is 10.6. The average molecular weight is 322 g/mol. The fourth-order valence-electron chi connectivity index (χ4n) is 2.99. The summed E-state index contributed by atoms with van der Waals surface area (Å²) in [5.41, 5.74) is 2.02. The van der Waals surface area contributed by atoms with Crippen molar-refractivity contribution in [3.05, 3.63) is 29.3 Å². The van der Waals surface area contributed by atoms with Gasteiger partial charge in [0.25, 0.3) is 0 Å². The molecule has 2 rings (SSSR count). The minimum Gasteiger partial charge on any atom is -0.496 e. The molecule has 1 aromatic carbocycles. The molecule has 1 atom stereocenters. The highest BCUT2D eigenvalue weighted by Crippen LogP contribution is 2.27. The first kappa shape index (κ1) is 18.2. The Hall–Kier alpha value is -1.14. The summed E-state index contributed by atoms with van der Waals surface area (Å²) in [6.07, 6.45) is -0.514. The van der Waals surface area contributed by atoms with Crippen LogP contribution in [0.4, 0.5) is 0 Å². The lowest BCUT2D eigenvalue weighted by Crippen LogP contribution is -2.48. The monoisotopic (exact) mass is 322 g/mol. The summed E-state index contributed by atoms with van der Waals surface area (Å²) in [4.78, 5) is 4.75. The summed E-state index contributed by atoms with van der Waals surface area (Å²) < 4.78 is 10.8. The third-order valence-corrected chi connectivity index (χ3v) is 4.40. The number of rotatable bonds is 8. The second-order valence-electron chi connectivity index (χ2n) is 6.10. The molecule has 5 nitrogen and oxygen atoms in total. The van der Waals surface area contributed by atoms with Crippen LogP contribution in [0.1, 0.15) is 24.2 Å². The van der Waals surface area contributed by atoms with Gasteiger partial charge in [-0.15, -0.1) is 0 Å². The number of methoxy groups -OCH3 is 1. The molecule has 1 fully saturated rings. The van der Waals surface area contributed by atoms with Gasteiger partial charge in [-0.2, -0.15) is 0 Å². The molecule has 0 spiro atoms. The van der Waals surface area contributed by atoms with E-state index >= 15 is 0 Å². The lowest BCUT2D eigenvalue weighted by molar-refractivity contribution is 0.0543. The molecule has 23 heavy (non-hydrogen) atoms. The van der Waals surface area contributed by atoms with Crippen LogP contribution in [0.2, 0.25) is 0 Å². The van der Waals surface area contributed by atoms with Gasteiger partial charge in [-0.25, -0.2) is 0 Å². The van der Waals surface area contributed by atoms with E-state index in [9.17, 15) is 5.11 Å². The number of ether oxygens (including phenoxy) is 2. The van der Waals surface area contributed by atoms with Crippen molar-refractivity contribution in [2.24, 2.45) is 0 Å². The van der Waals surface area contributed by atoms with Crippen LogP contribution in [0.5, 0.6) is 5.75 Å². The van der Waals surface area contributed by atoms with Gasteiger partial charge in [-0.1, -0.05) is 11.6 Å². The van der Waals surface area contributed by atoms with Crippen LogP contribution >= 0.6 is 0 Å². The quantitative estimate of drug-likeness (QED) is 0.738. The molecule has 0 aliphatic carbocycles. The van der Waals surface area contributed by atoms with Crippen LogP contribution < -0.4 is 4.74 Å². The van der Waals surface area contributed by atoms with Crippen molar-refractivity contribution in [3.8, 4) is 5.75 Å². The molecule has 1 aromatic rings. The molecule has 1 heterocycles. The fourth-order valence-corrected chi connectivity index (χ4v) is 2.99. The fraction of sp³-hybridized carbons (Fsp3) is 0.667. The molecule has 5 heteroatoms. The van der Waals surface area contributed by atoms with Gasteiger partial charge in [0.2, 0.25) is 0 Å². The highest BCUT2D eigenvalue weighted by molar-refractivity contribution is 5.38. The smallest absolute Gasteiger partial charge is 0.124 e. The maximum absolute atomic E-state index is 10.6. The number of β-amino-alcohol motifs (C(OH)–C–C–N with tert-alkyl or cyclic N) is 1. The number of benzene rings is 1. The molecule has 0 bridgehead atoms.